The van der Waals surface area contributed by atoms with Gasteiger partial charge in [0.2, 0.25) is 0 Å². The van der Waals surface area contributed by atoms with E-state index < -0.39 is 6.10 Å². The molecule has 18 heavy (non-hydrogen) atoms. The molecule has 0 saturated carbocycles. The smallest absolute Gasteiger partial charge is 0.119 e. The highest BCUT2D eigenvalue weighted by molar-refractivity contribution is 6.30. The maximum atomic E-state index is 9.89. The average molecular weight is 263 g/mol. The van der Waals surface area contributed by atoms with Gasteiger partial charge >= 0.3 is 0 Å². The van der Waals surface area contributed by atoms with E-state index in [0.29, 0.717) is 11.4 Å². The molecule has 2 rings (SSSR count). The third kappa shape index (κ3) is 4.06. The number of ether oxygens (including phenoxy) is 1. The van der Waals surface area contributed by atoms with Crippen LogP contribution in [0.4, 0.5) is 0 Å². The fourth-order valence-electron chi connectivity index (χ4n) is 1.70. The molecule has 0 aliphatic rings. The Hall–Kier alpha value is -1.51. The maximum Gasteiger partial charge on any atom is 0.119 e. The molecule has 0 spiro atoms. The average Bonchev–Trinajstić information content (AvgIpc) is 2.38. The van der Waals surface area contributed by atoms with Gasteiger partial charge in [0.05, 0.1) is 6.10 Å². The number of hydrogen-bond acceptors (Lipinski definition) is 2. The largest absolute Gasteiger partial charge is 0.491 e. The molecule has 1 N–H and O–H groups in total. The Labute approximate surface area is 112 Å². The molecular formula is C15H15ClO2. The second-order valence-corrected chi connectivity index (χ2v) is 4.55. The van der Waals surface area contributed by atoms with Gasteiger partial charge in [-0.2, -0.15) is 0 Å². The highest BCUT2D eigenvalue weighted by Gasteiger charge is 2.07. The molecule has 0 bridgehead atoms. The number of halogens is 1. The quantitative estimate of drug-likeness (QED) is 0.896. The second-order valence-electron chi connectivity index (χ2n) is 4.11. The van der Waals surface area contributed by atoms with Gasteiger partial charge in [-0.3, -0.25) is 0 Å². The predicted molar refractivity (Wildman–Crippen MR) is 73.1 cm³/mol. The van der Waals surface area contributed by atoms with Crippen LogP contribution in [0.5, 0.6) is 5.75 Å². The van der Waals surface area contributed by atoms with E-state index in [9.17, 15) is 5.11 Å². The zero-order valence-corrected chi connectivity index (χ0v) is 10.7. The lowest BCUT2D eigenvalue weighted by Gasteiger charge is -2.12. The van der Waals surface area contributed by atoms with Crippen LogP contribution in [0.25, 0.3) is 0 Å². The summed E-state index contributed by atoms with van der Waals surface area (Å²) >= 11 is 5.89. The normalized spacial score (nSPS) is 12.1. The third-order valence-corrected chi connectivity index (χ3v) is 2.78. The maximum absolute atomic E-state index is 9.89. The van der Waals surface area contributed by atoms with E-state index in [2.05, 4.69) is 0 Å². The van der Waals surface area contributed by atoms with Gasteiger partial charge in [0.25, 0.3) is 0 Å². The second kappa shape index (κ2) is 6.43. The molecule has 0 heterocycles. The Bertz CT molecular complexity index is 485. The van der Waals surface area contributed by atoms with Crippen LogP contribution < -0.4 is 4.74 Å². The zero-order valence-electron chi connectivity index (χ0n) is 9.92. The minimum absolute atomic E-state index is 0.274. The number of hydrogen-bond donors (Lipinski definition) is 1. The van der Waals surface area contributed by atoms with E-state index in [1.807, 2.05) is 54.6 Å². The lowest BCUT2D eigenvalue weighted by atomic mass is 10.1. The van der Waals surface area contributed by atoms with Crippen LogP contribution >= 0.6 is 11.6 Å². The van der Waals surface area contributed by atoms with Gasteiger partial charge in [0.1, 0.15) is 12.4 Å². The fraction of sp³-hybridized carbons (Fsp3) is 0.200. The van der Waals surface area contributed by atoms with Crippen LogP contribution in [-0.2, 0) is 6.42 Å². The summed E-state index contributed by atoms with van der Waals surface area (Å²) in [7, 11) is 0. The minimum atomic E-state index is -0.538. The highest BCUT2D eigenvalue weighted by atomic mass is 35.5. The molecule has 94 valence electrons. The molecule has 0 aliphatic carbocycles. The predicted octanol–water partition coefficient (Wildman–Crippen LogP) is 3.32. The number of para-hydroxylation sites is 1. The number of rotatable bonds is 5. The first-order chi connectivity index (χ1) is 8.74. The van der Waals surface area contributed by atoms with E-state index in [1.54, 1.807) is 0 Å². The molecule has 0 amide bonds. The van der Waals surface area contributed by atoms with Gasteiger partial charge < -0.3 is 9.84 Å². The molecule has 0 aromatic heterocycles. The van der Waals surface area contributed by atoms with Crippen molar-refractivity contribution < 1.29 is 9.84 Å². The number of benzene rings is 2. The summed E-state index contributed by atoms with van der Waals surface area (Å²) in [6.45, 7) is 0.274. The lowest BCUT2D eigenvalue weighted by molar-refractivity contribution is 0.108. The van der Waals surface area contributed by atoms with Gasteiger partial charge in [-0.05, 0) is 29.8 Å². The van der Waals surface area contributed by atoms with Crippen molar-refractivity contribution in [1.29, 1.82) is 0 Å². The fourth-order valence-corrected chi connectivity index (χ4v) is 1.92. The van der Waals surface area contributed by atoms with Crippen LogP contribution in [0.1, 0.15) is 5.56 Å². The molecule has 2 aromatic rings. The molecule has 0 radical (unpaired) electrons. The van der Waals surface area contributed by atoms with E-state index in [-0.39, 0.29) is 6.61 Å². The van der Waals surface area contributed by atoms with E-state index >= 15 is 0 Å². The summed E-state index contributed by atoms with van der Waals surface area (Å²) in [4.78, 5) is 0. The monoisotopic (exact) mass is 262 g/mol. The van der Waals surface area contributed by atoms with E-state index in [0.717, 1.165) is 11.3 Å². The Morgan fingerprint density at radius 1 is 1.06 bits per heavy atom. The first-order valence-corrected chi connectivity index (χ1v) is 6.22. The van der Waals surface area contributed by atoms with Crippen LogP contribution in [0.15, 0.2) is 54.6 Å². The number of aliphatic hydroxyl groups excluding tert-OH is 1. The van der Waals surface area contributed by atoms with E-state index in [4.69, 9.17) is 16.3 Å². The first-order valence-electron chi connectivity index (χ1n) is 5.84. The summed E-state index contributed by atoms with van der Waals surface area (Å²) in [6.07, 6.45) is -0.00315. The SMILES string of the molecule is OC(COc1ccccc1)Cc1cccc(Cl)c1. The Morgan fingerprint density at radius 2 is 1.83 bits per heavy atom. The summed E-state index contributed by atoms with van der Waals surface area (Å²) in [6, 6.07) is 17.0. The first kappa shape index (κ1) is 12.9. The van der Waals surface area contributed by atoms with Gasteiger partial charge in [-0.25, -0.2) is 0 Å². The molecule has 2 aromatic carbocycles. The Morgan fingerprint density at radius 3 is 2.56 bits per heavy atom. The molecule has 0 aliphatic heterocycles. The van der Waals surface area contributed by atoms with Crippen molar-refractivity contribution in [2.75, 3.05) is 6.61 Å². The highest BCUT2D eigenvalue weighted by Crippen LogP contribution is 2.13. The van der Waals surface area contributed by atoms with Crippen LogP contribution in [0.2, 0.25) is 5.02 Å². The molecule has 2 nitrogen and oxygen atoms in total. The van der Waals surface area contributed by atoms with Crippen molar-refractivity contribution in [3.05, 3.63) is 65.2 Å². The van der Waals surface area contributed by atoms with Gasteiger partial charge in [0, 0.05) is 11.4 Å². The number of aliphatic hydroxyl groups is 1. The van der Waals surface area contributed by atoms with Gasteiger partial charge in [-0.1, -0.05) is 41.9 Å². The van der Waals surface area contributed by atoms with Gasteiger partial charge in [0.15, 0.2) is 0 Å². The standard InChI is InChI=1S/C15H15ClO2/c16-13-6-4-5-12(9-13)10-14(17)11-18-15-7-2-1-3-8-15/h1-9,14,17H,10-11H2. The molecule has 3 heteroatoms. The zero-order chi connectivity index (χ0) is 12.8. The van der Waals surface area contributed by atoms with Crippen molar-refractivity contribution >= 4 is 11.6 Å². The summed E-state index contributed by atoms with van der Waals surface area (Å²) in [5, 5.41) is 10.6. The van der Waals surface area contributed by atoms with Crippen LogP contribution in [-0.4, -0.2) is 17.8 Å². The minimum Gasteiger partial charge on any atom is -0.491 e. The molecular weight excluding hydrogens is 248 g/mol. The summed E-state index contributed by atoms with van der Waals surface area (Å²) < 4.78 is 5.49. The molecule has 0 fully saturated rings. The van der Waals surface area contributed by atoms with Gasteiger partial charge in [-0.15, -0.1) is 0 Å². The summed E-state index contributed by atoms with van der Waals surface area (Å²) in [5.41, 5.74) is 1.01. The van der Waals surface area contributed by atoms with Crippen molar-refractivity contribution in [3.63, 3.8) is 0 Å². The van der Waals surface area contributed by atoms with Crippen molar-refractivity contribution in [1.82, 2.24) is 0 Å². The van der Waals surface area contributed by atoms with Crippen molar-refractivity contribution in [2.24, 2.45) is 0 Å². The van der Waals surface area contributed by atoms with Crippen molar-refractivity contribution in [2.45, 2.75) is 12.5 Å². The topological polar surface area (TPSA) is 29.5 Å². The third-order valence-electron chi connectivity index (χ3n) is 2.55. The summed E-state index contributed by atoms with van der Waals surface area (Å²) in [5.74, 6) is 0.766. The molecule has 0 saturated heterocycles. The molecule has 1 atom stereocenters. The van der Waals surface area contributed by atoms with Crippen LogP contribution in [0, 0.1) is 0 Å². The van der Waals surface area contributed by atoms with Crippen LogP contribution in [0.3, 0.4) is 0 Å². The lowest BCUT2D eigenvalue weighted by Crippen LogP contribution is -2.20. The molecule has 1 unspecified atom stereocenters. The van der Waals surface area contributed by atoms with E-state index in [1.165, 1.54) is 0 Å². The Kier molecular flexibility index (Phi) is 4.62. The van der Waals surface area contributed by atoms with Crippen molar-refractivity contribution in [3.8, 4) is 5.75 Å². The Balaban J connectivity index is 1.84.